The molecule has 0 aromatic heterocycles. The van der Waals surface area contributed by atoms with Gasteiger partial charge in [-0.2, -0.15) is 12.8 Å². The maximum absolute atomic E-state index is 11.9. The Bertz CT molecular complexity index is 886. The number of aliphatic imine (C=N–C) groups is 1. The summed E-state index contributed by atoms with van der Waals surface area (Å²) in [6, 6.07) is 10.7. The number of guanidine groups is 1. The summed E-state index contributed by atoms with van der Waals surface area (Å²) in [7, 11) is -2.33. The minimum absolute atomic E-state index is 0.00425. The Kier molecular flexibility index (Phi) is 5.05. The van der Waals surface area contributed by atoms with Crippen LogP contribution in [0.1, 0.15) is 5.56 Å². The topological polar surface area (TPSA) is 142 Å². The van der Waals surface area contributed by atoms with E-state index in [0.717, 1.165) is 0 Å². The average Bonchev–Trinajstić information content (AvgIpc) is 2.52. The number of nitrogens with one attached hydrogen (secondary N) is 1. The first-order chi connectivity index (χ1) is 11.3. The molecule has 0 spiro atoms. The molecule has 8 nitrogen and oxygen atoms in total. The van der Waals surface area contributed by atoms with Crippen molar-refractivity contribution < 1.29 is 22.7 Å². The average molecular weight is 349 g/mol. The van der Waals surface area contributed by atoms with Crippen LogP contribution in [-0.2, 0) is 10.0 Å². The predicted molar refractivity (Wildman–Crippen MR) is 89.9 cm³/mol. The second-order valence-corrected chi connectivity index (χ2v) is 6.43. The van der Waals surface area contributed by atoms with Crippen molar-refractivity contribution in [1.29, 1.82) is 0 Å². The number of sulfonamides is 1. The van der Waals surface area contributed by atoms with Gasteiger partial charge in [0, 0.05) is 6.21 Å². The Balaban J connectivity index is 2.20. The Morgan fingerprint density at radius 1 is 1.21 bits per heavy atom. The van der Waals surface area contributed by atoms with Gasteiger partial charge in [-0.15, -0.1) is 0 Å². The fourth-order valence-corrected chi connectivity index (χ4v) is 2.78. The van der Waals surface area contributed by atoms with Gasteiger partial charge in [-0.1, -0.05) is 0 Å². The molecule has 126 valence electrons. The van der Waals surface area contributed by atoms with Gasteiger partial charge in [0.25, 0.3) is 0 Å². The fraction of sp³-hybridized carbons (Fsp3) is 0.0667. The van der Waals surface area contributed by atoms with E-state index in [1.54, 1.807) is 12.1 Å². The molecular weight excluding hydrogens is 332 g/mol. The Labute approximate surface area is 139 Å². The van der Waals surface area contributed by atoms with Crippen molar-refractivity contribution in [3.8, 4) is 11.5 Å². The monoisotopic (exact) mass is 349 g/mol. The summed E-state index contributed by atoms with van der Waals surface area (Å²) in [5, 5.41) is 9.70. The minimum atomic E-state index is -3.79. The molecule has 0 aliphatic heterocycles. The summed E-state index contributed by atoms with van der Waals surface area (Å²) in [6.07, 6.45) is 1.53. The Morgan fingerprint density at radius 2 is 1.88 bits per heavy atom. The predicted octanol–water partition coefficient (Wildman–Crippen LogP) is -0.806. The van der Waals surface area contributed by atoms with Crippen molar-refractivity contribution in [1.82, 2.24) is 0 Å². The molecule has 0 fully saturated rings. The standard InChI is InChI=1S/C15H16N4O4S/c1-23-14-7-2-10(8-13(14)20)9-18-11-3-5-12(6-4-11)24(21,22)19-15(16)17/h2-9,20H,1H3,(H4,16,17,19)/p+1. The SMILES string of the molecule is COc1ccc(C=Nc2ccc(S(=O)(=O)[NH+]=C(N)N)cc2)cc1O. The number of phenols is 1. The second kappa shape index (κ2) is 7.01. The summed E-state index contributed by atoms with van der Waals surface area (Å²) in [5.41, 5.74) is 11.5. The van der Waals surface area contributed by atoms with Crippen LogP contribution >= 0.6 is 0 Å². The summed E-state index contributed by atoms with van der Waals surface area (Å²) in [4.78, 5) is 4.22. The molecule has 0 saturated heterocycles. The number of ether oxygens (including phenoxy) is 1. The number of nitrogens with two attached hydrogens (primary N) is 2. The quantitative estimate of drug-likeness (QED) is 0.411. The summed E-state index contributed by atoms with van der Waals surface area (Å²) in [5.74, 6) is -0.0359. The van der Waals surface area contributed by atoms with Gasteiger partial charge in [-0.3, -0.25) is 16.5 Å². The van der Waals surface area contributed by atoms with E-state index in [-0.39, 0.29) is 10.6 Å². The Hall–Kier alpha value is -3.07. The van der Waals surface area contributed by atoms with Crippen molar-refractivity contribution in [3.63, 3.8) is 0 Å². The largest absolute Gasteiger partial charge is 0.504 e. The van der Waals surface area contributed by atoms with Crippen LogP contribution in [0.2, 0.25) is 0 Å². The maximum Gasteiger partial charge on any atom is 0.353 e. The van der Waals surface area contributed by atoms with E-state index in [1.807, 2.05) is 4.40 Å². The third-order valence-electron chi connectivity index (χ3n) is 2.96. The number of methoxy groups -OCH3 is 1. The van der Waals surface area contributed by atoms with Crippen molar-refractivity contribution >= 4 is 27.9 Å². The molecule has 2 rings (SSSR count). The van der Waals surface area contributed by atoms with E-state index in [9.17, 15) is 13.5 Å². The maximum atomic E-state index is 11.9. The number of benzene rings is 2. The lowest BCUT2D eigenvalue weighted by Crippen LogP contribution is -2.80. The van der Waals surface area contributed by atoms with Crippen LogP contribution in [0.3, 0.4) is 0 Å². The van der Waals surface area contributed by atoms with Crippen LogP contribution in [0.5, 0.6) is 11.5 Å². The van der Waals surface area contributed by atoms with E-state index in [4.69, 9.17) is 16.2 Å². The highest BCUT2D eigenvalue weighted by atomic mass is 32.2. The molecule has 0 atom stereocenters. The molecular formula is C15H17N4O4S+. The first-order valence-corrected chi connectivity index (χ1v) is 8.22. The summed E-state index contributed by atoms with van der Waals surface area (Å²) >= 11 is 0. The van der Waals surface area contributed by atoms with Gasteiger partial charge in [0.2, 0.25) is 0 Å². The van der Waals surface area contributed by atoms with Crippen LogP contribution in [0.4, 0.5) is 5.69 Å². The van der Waals surface area contributed by atoms with Gasteiger partial charge in [0.05, 0.1) is 12.8 Å². The van der Waals surface area contributed by atoms with Crippen molar-refractivity contribution in [3.05, 3.63) is 48.0 Å². The van der Waals surface area contributed by atoms with Gasteiger partial charge in [0.15, 0.2) is 11.5 Å². The molecule has 24 heavy (non-hydrogen) atoms. The zero-order chi connectivity index (χ0) is 17.7. The molecule has 0 aliphatic carbocycles. The normalized spacial score (nSPS) is 11.4. The van der Waals surface area contributed by atoms with E-state index in [2.05, 4.69) is 4.99 Å². The molecule has 0 heterocycles. The second-order valence-electron chi connectivity index (χ2n) is 4.74. The van der Waals surface area contributed by atoms with Crippen LogP contribution in [-0.4, -0.2) is 32.8 Å². The molecule has 0 unspecified atom stereocenters. The molecule has 0 bridgehead atoms. The zero-order valence-corrected chi connectivity index (χ0v) is 13.6. The van der Waals surface area contributed by atoms with E-state index in [1.165, 1.54) is 43.7 Å². The number of hydrogen-bond donors (Lipinski definition) is 4. The molecule has 2 aromatic carbocycles. The third-order valence-corrected chi connectivity index (χ3v) is 4.36. The van der Waals surface area contributed by atoms with Gasteiger partial charge < -0.3 is 9.84 Å². The number of rotatable bonds is 5. The van der Waals surface area contributed by atoms with E-state index in [0.29, 0.717) is 17.0 Å². The highest BCUT2D eigenvalue weighted by molar-refractivity contribution is 7.84. The lowest BCUT2D eigenvalue weighted by molar-refractivity contribution is -0.270. The number of phenolic OH excluding ortho intramolecular Hbond substituents is 1. The van der Waals surface area contributed by atoms with Crippen LogP contribution in [0.25, 0.3) is 0 Å². The van der Waals surface area contributed by atoms with Gasteiger partial charge >= 0.3 is 16.0 Å². The molecule has 2 aromatic rings. The van der Waals surface area contributed by atoms with Gasteiger partial charge in [-0.05, 0) is 48.0 Å². The molecule has 6 N–H and O–H groups in total. The molecule has 0 amide bonds. The smallest absolute Gasteiger partial charge is 0.353 e. The van der Waals surface area contributed by atoms with Crippen LogP contribution in [0.15, 0.2) is 52.4 Å². The van der Waals surface area contributed by atoms with Crippen molar-refractivity contribution in [2.45, 2.75) is 4.90 Å². The fourth-order valence-electron chi connectivity index (χ4n) is 1.86. The number of nitrogens with zero attached hydrogens (tertiary/aromatic N) is 1. The lowest BCUT2D eigenvalue weighted by atomic mass is 10.2. The zero-order valence-electron chi connectivity index (χ0n) is 12.8. The van der Waals surface area contributed by atoms with Gasteiger partial charge in [-0.25, -0.2) is 0 Å². The first kappa shape index (κ1) is 17.3. The molecule has 9 heteroatoms. The van der Waals surface area contributed by atoms with E-state index >= 15 is 0 Å². The van der Waals surface area contributed by atoms with Gasteiger partial charge in [0.1, 0.15) is 4.90 Å². The van der Waals surface area contributed by atoms with Crippen molar-refractivity contribution in [2.75, 3.05) is 7.11 Å². The lowest BCUT2D eigenvalue weighted by Gasteiger charge is -2.03. The third kappa shape index (κ3) is 4.23. The summed E-state index contributed by atoms with van der Waals surface area (Å²) in [6.45, 7) is 0. The van der Waals surface area contributed by atoms with Crippen LogP contribution in [0, 0.1) is 0 Å². The highest BCUT2D eigenvalue weighted by Gasteiger charge is 2.14. The van der Waals surface area contributed by atoms with Crippen LogP contribution < -0.4 is 20.6 Å². The molecule has 0 radical (unpaired) electrons. The first-order valence-electron chi connectivity index (χ1n) is 6.73. The van der Waals surface area contributed by atoms with Crippen molar-refractivity contribution in [2.24, 2.45) is 16.5 Å². The number of hydrogen-bond acceptors (Lipinski definition) is 5. The molecule has 0 saturated carbocycles. The molecule has 0 aliphatic rings. The van der Waals surface area contributed by atoms with E-state index < -0.39 is 16.0 Å². The highest BCUT2D eigenvalue weighted by Crippen LogP contribution is 2.25. The summed E-state index contributed by atoms with van der Waals surface area (Å²) < 4.78 is 30.7. The number of aromatic hydroxyl groups is 1. The minimum Gasteiger partial charge on any atom is -0.504 e. The Morgan fingerprint density at radius 3 is 2.42 bits per heavy atom.